The van der Waals surface area contributed by atoms with E-state index in [-0.39, 0.29) is 23.0 Å². The van der Waals surface area contributed by atoms with Crippen LogP contribution in [0.15, 0.2) is 47.5 Å². The molecule has 9 nitrogen and oxygen atoms in total. The molecule has 158 valence electrons. The lowest BCUT2D eigenvalue weighted by Gasteiger charge is -2.26. The molecule has 9 heteroatoms. The molecular formula is C23H20N8O. The molecule has 0 saturated heterocycles. The van der Waals surface area contributed by atoms with Gasteiger partial charge in [-0.1, -0.05) is 18.2 Å². The van der Waals surface area contributed by atoms with Crippen LogP contribution in [0.1, 0.15) is 33.9 Å². The smallest absolute Gasteiger partial charge is 0.211 e. The SMILES string of the molecule is Cc1ccc(Oc2ccc(C3N=C(NC#N)Nc4nc(N)c(C#N)c(N)c43)cc2)cc1C. The van der Waals surface area contributed by atoms with Crippen LogP contribution in [0.25, 0.3) is 0 Å². The molecule has 32 heavy (non-hydrogen) atoms. The number of nitrogens with zero attached hydrogens (tertiary/aromatic N) is 4. The van der Waals surface area contributed by atoms with Gasteiger partial charge in [0.25, 0.3) is 0 Å². The maximum atomic E-state index is 9.43. The number of rotatable bonds is 3. The molecule has 2 heterocycles. The molecule has 3 aromatic rings. The first-order chi connectivity index (χ1) is 15.4. The predicted octanol–water partition coefficient (Wildman–Crippen LogP) is 3.47. The summed E-state index contributed by atoms with van der Waals surface area (Å²) >= 11 is 0. The number of nitrogens with one attached hydrogen (secondary N) is 2. The Labute approximate surface area is 185 Å². The Morgan fingerprint density at radius 3 is 2.41 bits per heavy atom. The number of nitrogen functional groups attached to an aromatic ring is 2. The summed E-state index contributed by atoms with van der Waals surface area (Å²) in [7, 11) is 0. The number of nitrogens with two attached hydrogens (primary N) is 2. The highest BCUT2D eigenvalue weighted by molar-refractivity contribution is 5.98. The lowest BCUT2D eigenvalue weighted by Crippen LogP contribution is -2.32. The van der Waals surface area contributed by atoms with Crippen molar-refractivity contribution in [3.63, 3.8) is 0 Å². The number of fused-ring (bicyclic) bond motifs is 1. The molecule has 2 aromatic carbocycles. The number of guanidine groups is 1. The maximum Gasteiger partial charge on any atom is 0.211 e. The minimum absolute atomic E-state index is 0.00495. The molecule has 1 aliphatic rings. The van der Waals surface area contributed by atoms with Gasteiger partial charge in [-0.2, -0.15) is 10.5 Å². The average molecular weight is 424 g/mol. The highest BCUT2D eigenvalue weighted by Crippen LogP contribution is 2.40. The number of benzene rings is 2. The predicted molar refractivity (Wildman–Crippen MR) is 122 cm³/mol. The van der Waals surface area contributed by atoms with Gasteiger partial charge in [-0.25, -0.2) is 9.98 Å². The van der Waals surface area contributed by atoms with E-state index in [0.717, 1.165) is 16.9 Å². The Hall–Kier alpha value is -4.76. The first-order valence-corrected chi connectivity index (χ1v) is 9.75. The molecule has 4 rings (SSSR count). The second-order valence-corrected chi connectivity index (χ2v) is 7.32. The van der Waals surface area contributed by atoms with Crippen LogP contribution in [0.3, 0.4) is 0 Å². The van der Waals surface area contributed by atoms with Crippen LogP contribution in [0, 0.1) is 36.6 Å². The van der Waals surface area contributed by atoms with Gasteiger partial charge in [-0.3, -0.25) is 5.32 Å². The van der Waals surface area contributed by atoms with Gasteiger partial charge in [0.1, 0.15) is 40.8 Å². The molecule has 0 bridgehead atoms. The molecule has 0 amide bonds. The molecular weight excluding hydrogens is 404 g/mol. The lowest BCUT2D eigenvalue weighted by atomic mass is 9.95. The fourth-order valence-corrected chi connectivity index (χ4v) is 3.45. The Morgan fingerprint density at radius 2 is 1.75 bits per heavy atom. The summed E-state index contributed by atoms with van der Waals surface area (Å²) in [4.78, 5) is 8.80. The summed E-state index contributed by atoms with van der Waals surface area (Å²) in [5.74, 6) is 1.95. The Kier molecular flexibility index (Phi) is 5.24. The third-order valence-electron chi connectivity index (χ3n) is 5.27. The van der Waals surface area contributed by atoms with Crippen LogP contribution in [0.2, 0.25) is 0 Å². The Bertz CT molecular complexity index is 1320. The lowest BCUT2D eigenvalue weighted by molar-refractivity contribution is 0.482. The zero-order valence-electron chi connectivity index (χ0n) is 17.5. The zero-order chi connectivity index (χ0) is 22.8. The average Bonchev–Trinajstić information content (AvgIpc) is 2.77. The van der Waals surface area contributed by atoms with Crippen LogP contribution in [0.5, 0.6) is 11.5 Å². The number of hydrogen-bond acceptors (Lipinski definition) is 9. The number of ether oxygens (including phenoxy) is 1. The van der Waals surface area contributed by atoms with Gasteiger partial charge in [0.05, 0.1) is 5.69 Å². The van der Waals surface area contributed by atoms with Gasteiger partial charge < -0.3 is 21.5 Å². The van der Waals surface area contributed by atoms with Crippen molar-refractivity contribution >= 4 is 23.3 Å². The van der Waals surface area contributed by atoms with Gasteiger partial charge in [0.15, 0.2) is 6.19 Å². The van der Waals surface area contributed by atoms with Crippen molar-refractivity contribution in [2.75, 3.05) is 16.8 Å². The van der Waals surface area contributed by atoms with Crippen molar-refractivity contribution < 1.29 is 4.74 Å². The van der Waals surface area contributed by atoms with Crippen molar-refractivity contribution in [3.05, 3.63) is 70.3 Å². The van der Waals surface area contributed by atoms with Crippen molar-refractivity contribution in [2.45, 2.75) is 19.9 Å². The highest BCUT2D eigenvalue weighted by atomic mass is 16.5. The minimum Gasteiger partial charge on any atom is -0.457 e. The molecule has 1 atom stereocenters. The summed E-state index contributed by atoms with van der Waals surface area (Å²) in [6.45, 7) is 4.08. The van der Waals surface area contributed by atoms with Gasteiger partial charge >= 0.3 is 0 Å². The first-order valence-electron chi connectivity index (χ1n) is 9.75. The normalized spacial score (nSPS) is 14.2. The highest BCUT2D eigenvalue weighted by Gasteiger charge is 2.29. The number of anilines is 3. The summed E-state index contributed by atoms with van der Waals surface area (Å²) in [6, 6.07) is 14.7. The monoisotopic (exact) mass is 424 g/mol. The van der Waals surface area contributed by atoms with Crippen LogP contribution in [-0.4, -0.2) is 10.9 Å². The molecule has 0 spiro atoms. The number of aryl methyl sites for hydroxylation is 2. The molecule has 1 unspecified atom stereocenters. The van der Waals surface area contributed by atoms with Crippen LogP contribution < -0.4 is 26.8 Å². The van der Waals surface area contributed by atoms with Crippen molar-refractivity contribution in [3.8, 4) is 23.8 Å². The van der Waals surface area contributed by atoms with Crippen molar-refractivity contribution in [2.24, 2.45) is 4.99 Å². The number of hydrogen-bond donors (Lipinski definition) is 4. The first kappa shape index (κ1) is 20.5. The van der Waals surface area contributed by atoms with E-state index in [4.69, 9.17) is 21.5 Å². The van der Waals surface area contributed by atoms with E-state index in [1.165, 1.54) is 5.56 Å². The Morgan fingerprint density at radius 1 is 1.03 bits per heavy atom. The fraction of sp³-hybridized carbons (Fsp3) is 0.130. The van der Waals surface area contributed by atoms with E-state index >= 15 is 0 Å². The van der Waals surface area contributed by atoms with Crippen LogP contribution >= 0.6 is 0 Å². The number of nitriles is 2. The summed E-state index contributed by atoms with van der Waals surface area (Å²) < 4.78 is 5.96. The second kappa shape index (κ2) is 8.17. The molecule has 6 N–H and O–H groups in total. The van der Waals surface area contributed by atoms with Crippen LogP contribution in [0.4, 0.5) is 17.3 Å². The van der Waals surface area contributed by atoms with Crippen molar-refractivity contribution in [1.29, 1.82) is 10.5 Å². The third-order valence-corrected chi connectivity index (χ3v) is 5.27. The summed E-state index contributed by atoms with van der Waals surface area (Å²) in [6.07, 6.45) is 1.83. The molecule has 0 radical (unpaired) electrons. The van der Waals surface area contributed by atoms with E-state index < -0.39 is 6.04 Å². The largest absolute Gasteiger partial charge is 0.457 e. The topological polar surface area (TPSA) is 158 Å². The number of aliphatic imine (C=N–C) groups is 1. The van der Waals surface area contributed by atoms with E-state index in [9.17, 15) is 5.26 Å². The van der Waals surface area contributed by atoms with Crippen LogP contribution in [-0.2, 0) is 0 Å². The Balaban J connectivity index is 1.71. The number of aromatic nitrogens is 1. The van der Waals surface area contributed by atoms with E-state index in [0.29, 0.717) is 17.1 Å². The molecule has 0 fully saturated rings. The van der Waals surface area contributed by atoms with Gasteiger partial charge in [0, 0.05) is 5.56 Å². The fourth-order valence-electron chi connectivity index (χ4n) is 3.45. The van der Waals surface area contributed by atoms with Crippen molar-refractivity contribution in [1.82, 2.24) is 10.3 Å². The molecule has 1 aromatic heterocycles. The van der Waals surface area contributed by atoms with E-state index in [1.54, 1.807) is 0 Å². The van der Waals surface area contributed by atoms with E-state index in [2.05, 4.69) is 20.6 Å². The molecule has 0 aliphatic carbocycles. The maximum absolute atomic E-state index is 9.43. The zero-order valence-corrected chi connectivity index (χ0v) is 17.5. The second-order valence-electron chi connectivity index (χ2n) is 7.32. The van der Waals surface area contributed by atoms with Gasteiger partial charge in [0.2, 0.25) is 5.96 Å². The minimum atomic E-state index is -0.599. The quantitative estimate of drug-likeness (QED) is 0.367. The van der Waals surface area contributed by atoms with Gasteiger partial charge in [-0.05, 0) is 54.8 Å². The summed E-state index contributed by atoms with van der Waals surface area (Å²) in [5.41, 5.74) is 16.1. The van der Waals surface area contributed by atoms with Gasteiger partial charge in [-0.15, -0.1) is 0 Å². The summed E-state index contributed by atoms with van der Waals surface area (Å²) in [5, 5.41) is 23.8. The third kappa shape index (κ3) is 3.71. The number of pyridine rings is 1. The standard InChI is InChI=1S/C23H20N8O/c1-12-3-6-16(9-13(12)2)32-15-7-4-14(5-8-15)20-18-19(26)17(10-24)21(27)30-22(18)31-23(29-20)28-11-25/h3-9,20H,1-2H3,(H6,26,27,28,29,30,31). The van der Waals surface area contributed by atoms with E-state index in [1.807, 2.05) is 68.6 Å². The molecule has 0 saturated carbocycles. The molecule has 1 aliphatic heterocycles.